The van der Waals surface area contributed by atoms with E-state index in [0.717, 1.165) is 30.1 Å². The molecule has 1 atom stereocenters. The number of thioether (sulfide) groups is 1. The van der Waals surface area contributed by atoms with E-state index < -0.39 is 0 Å². The molecule has 1 aromatic heterocycles. The number of nitrogens with zero attached hydrogens (tertiary/aromatic N) is 1. The molecule has 2 heterocycles. The van der Waals surface area contributed by atoms with E-state index in [2.05, 4.69) is 30.3 Å². The lowest BCUT2D eigenvalue weighted by Crippen LogP contribution is -2.31. The van der Waals surface area contributed by atoms with Gasteiger partial charge < -0.3 is 4.90 Å². The maximum Gasteiger partial charge on any atom is 0.246 e. The first kappa shape index (κ1) is 15.4. The van der Waals surface area contributed by atoms with E-state index in [-0.39, 0.29) is 5.91 Å². The Morgan fingerprint density at radius 1 is 1.14 bits per heavy atom. The van der Waals surface area contributed by atoms with E-state index >= 15 is 0 Å². The van der Waals surface area contributed by atoms with Gasteiger partial charge in [0, 0.05) is 35.0 Å². The molecule has 0 saturated carbocycles. The van der Waals surface area contributed by atoms with Crippen molar-refractivity contribution in [3.8, 4) is 0 Å². The van der Waals surface area contributed by atoms with Crippen molar-refractivity contribution in [3.05, 3.63) is 64.4 Å². The summed E-state index contributed by atoms with van der Waals surface area (Å²) in [7, 11) is 0. The number of hydrogen-bond acceptors (Lipinski definition) is 3. The highest BCUT2D eigenvalue weighted by molar-refractivity contribution is 7.99. The maximum absolute atomic E-state index is 12.3. The number of rotatable bonds is 3. The second-order valence-electron chi connectivity index (χ2n) is 5.23. The van der Waals surface area contributed by atoms with E-state index in [4.69, 9.17) is 0 Å². The zero-order valence-electron chi connectivity index (χ0n) is 12.4. The molecule has 0 aliphatic carbocycles. The Labute approximate surface area is 139 Å². The van der Waals surface area contributed by atoms with Crippen LogP contribution in [0.25, 0.3) is 6.08 Å². The molecule has 0 spiro atoms. The summed E-state index contributed by atoms with van der Waals surface area (Å²) in [5, 5.41) is 2.53. The summed E-state index contributed by atoms with van der Waals surface area (Å²) in [6.45, 7) is 1.67. The van der Waals surface area contributed by atoms with Crippen LogP contribution in [-0.4, -0.2) is 29.6 Å². The zero-order chi connectivity index (χ0) is 15.2. The number of carbonyl (C=O) groups is 1. The van der Waals surface area contributed by atoms with Gasteiger partial charge in [0.1, 0.15) is 0 Å². The smallest absolute Gasteiger partial charge is 0.246 e. The average Bonchev–Trinajstić information content (AvgIpc) is 2.96. The number of amides is 1. The van der Waals surface area contributed by atoms with Gasteiger partial charge in [-0.2, -0.15) is 11.8 Å². The fraction of sp³-hybridized carbons (Fsp3) is 0.278. The van der Waals surface area contributed by atoms with Gasteiger partial charge in [-0.3, -0.25) is 4.79 Å². The van der Waals surface area contributed by atoms with Crippen molar-refractivity contribution in [3.63, 3.8) is 0 Å². The monoisotopic (exact) mass is 329 g/mol. The largest absolute Gasteiger partial charge is 0.338 e. The normalized spacial score (nSPS) is 19.3. The molecule has 4 heteroatoms. The van der Waals surface area contributed by atoms with Crippen molar-refractivity contribution < 1.29 is 4.79 Å². The summed E-state index contributed by atoms with van der Waals surface area (Å²) < 4.78 is 0. The summed E-state index contributed by atoms with van der Waals surface area (Å²) in [4.78, 5) is 15.4. The van der Waals surface area contributed by atoms with Gasteiger partial charge in [-0.25, -0.2) is 0 Å². The molecule has 0 bridgehead atoms. The fourth-order valence-corrected chi connectivity index (χ4v) is 4.42. The molecule has 2 aromatic rings. The molecular formula is C18H19NOS2. The minimum Gasteiger partial charge on any atom is -0.338 e. The minimum atomic E-state index is 0.128. The molecule has 0 radical (unpaired) electrons. The molecule has 1 aliphatic rings. The lowest BCUT2D eigenvalue weighted by Gasteiger charge is -2.18. The molecule has 0 N–H and O–H groups in total. The molecule has 2 nitrogen and oxygen atoms in total. The average molecular weight is 329 g/mol. The molecule has 1 fully saturated rings. The van der Waals surface area contributed by atoms with Crippen molar-refractivity contribution in [1.82, 2.24) is 4.90 Å². The third kappa shape index (κ3) is 4.02. The summed E-state index contributed by atoms with van der Waals surface area (Å²) >= 11 is 3.61. The number of hydrogen-bond donors (Lipinski definition) is 0. The lowest BCUT2D eigenvalue weighted by atomic mass is 10.1. The van der Waals surface area contributed by atoms with E-state index in [1.54, 1.807) is 17.4 Å². The molecule has 1 amide bonds. The van der Waals surface area contributed by atoms with Crippen LogP contribution in [0.3, 0.4) is 0 Å². The Morgan fingerprint density at radius 3 is 2.77 bits per heavy atom. The predicted octanol–water partition coefficient (Wildman–Crippen LogP) is 4.47. The van der Waals surface area contributed by atoms with Crippen LogP contribution in [-0.2, 0) is 4.79 Å². The fourth-order valence-electron chi connectivity index (χ4n) is 2.57. The van der Waals surface area contributed by atoms with Crippen LogP contribution in [0.1, 0.15) is 22.1 Å². The summed E-state index contributed by atoms with van der Waals surface area (Å²) in [6.07, 6.45) is 4.65. The standard InChI is InChI=1S/C18H19NOS2/c20-18(9-8-16-7-4-13-21-16)19-11-10-17(22-14-12-19)15-5-2-1-3-6-15/h1-9,13,17H,10-12,14H2. The first-order valence-electron chi connectivity index (χ1n) is 7.50. The third-order valence-electron chi connectivity index (χ3n) is 3.76. The highest BCUT2D eigenvalue weighted by Gasteiger charge is 2.20. The number of benzene rings is 1. The van der Waals surface area contributed by atoms with Crippen LogP contribution in [0.15, 0.2) is 53.9 Å². The number of carbonyl (C=O) groups excluding carboxylic acids is 1. The topological polar surface area (TPSA) is 20.3 Å². The maximum atomic E-state index is 12.3. The molecule has 1 saturated heterocycles. The molecule has 22 heavy (non-hydrogen) atoms. The van der Waals surface area contributed by atoms with E-state index in [0.29, 0.717) is 5.25 Å². The minimum absolute atomic E-state index is 0.128. The lowest BCUT2D eigenvalue weighted by molar-refractivity contribution is -0.125. The van der Waals surface area contributed by atoms with Crippen molar-refractivity contribution in [2.75, 3.05) is 18.8 Å². The van der Waals surface area contributed by atoms with E-state index in [1.165, 1.54) is 5.56 Å². The second kappa shape index (κ2) is 7.65. The van der Waals surface area contributed by atoms with E-state index in [9.17, 15) is 4.79 Å². The molecule has 3 rings (SSSR count). The first-order valence-corrected chi connectivity index (χ1v) is 9.43. The Hall–Kier alpha value is -1.52. The van der Waals surface area contributed by atoms with Gasteiger partial charge >= 0.3 is 0 Å². The van der Waals surface area contributed by atoms with Gasteiger partial charge in [-0.05, 0) is 29.5 Å². The van der Waals surface area contributed by atoms with Crippen LogP contribution < -0.4 is 0 Å². The van der Waals surface area contributed by atoms with Gasteiger partial charge in [-0.1, -0.05) is 36.4 Å². The van der Waals surface area contributed by atoms with Gasteiger partial charge in [0.05, 0.1) is 0 Å². The van der Waals surface area contributed by atoms with Gasteiger partial charge in [0.2, 0.25) is 5.91 Å². The van der Waals surface area contributed by atoms with Crippen molar-refractivity contribution >= 4 is 35.1 Å². The molecule has 114 valence electrons. The van der Waals surface area contributed by atoms with Crippen LogP contribution in [0, 0.1) is 0 Å². The van der Waals surface area contributed by atoms with E-state index in [1.807, 2.05) is 40.3 Å². The Balaban J connectivity index is 1.59. The Kier molecular flexibility index (Phi) is 5.35. The van der Waals surface area contributed by atoms with Gasteiger partial charge in [0.25, 0.3) is 0 Å². The Bertz CT molecular complexity index is 622. The summed E-state index contributed by atoms with van der Waals surface area (Å²) in [5.74, 6) is 1.13. The molecule has 1 aromatic carbocycles. The molecule has 1 unspecified atom stereocenters. The van der Waals surface area contributed by atoms with Crippen LogP contribution in [0.4, 0.5) is 0 Å². The highest BCUT2D eigenvalue weighted by atomic mass is 32.2. The molecular weight excluding hydrogens is 310 g/mol. The van der Waals surface area contributed by atoms with Crippen LogP contribution >= 0.6 is 23.1 Å². The van der Waals surface area contributed by atoms with Crippen molar-refractivity contribution in [1.29, 1.82) is 0 Å². The number of thiophene rings is 1. The van der Waals surface area contributed by atoms with Crippen LogP contribution in [0.5, 0.6) is 0 Å². The SMILES string of the molecule is O=C(C=Cc1cccs1)N1CCSC(c2ccccc2)CC1. The van der Waals surface area contributed by atoms with Crippen molar-refractivity contribution in [2.45, 2.75) is 11.7 Å². The summed E-state index contributed by atoms with van der Waals surface area (Å²) in [5.41, 5.74) is 1.37. The summed E-state index contributed by atoms with van der Waals surface area (Å²) in [6, 6.07) is 14.6. The third-order valence-corrected chi connectivity index (χ3v) is 5.92. The second-order valence-corrected chi connectivity index (χ2v) is 7.52. The van der Waals surface area contributed by atoms with Crippen LogP contribution in [0.2, 0.25) is 0 Å². The molecule has 1 aliphatic heterocycles. The quantitative estimate of drug-likeness (QED) is 0.775. The Morgan fingerprint density at radius 2 is 2.00 bits per heavy atom. The van der Waals surface area contributed by atoms with Crippen molar-refractivity contribution in [2.24, 2.45) is 0 Å². The predicted molar refractivity (Wildman–Crippen MR) is 96.2 cm³/mol. The van der Waals surface area contributed by atoms with Gasteiger partial charge in [0.15, 0.2) is 0 Å². The zero-order valence-corrected chi connectivity index (χ0v) is 14.0. The van der Waals surface area contributed by atoms with Gasteiger partial charge in [-0.15, -0.1) is 11.3 Å². The first-order chi connectivity index (χ1) is 10.8. The highest BCUT2D eigenvalue weighted by Crippen LogP contribution is 2.34.